The van der Waals surface area contributed by atoms with Crippen LogP contribution in [0.15, 0.2) is 24.3 Å². The van der Waals surface area contributed by atoms with Gasteiger partial charge >= 0.3 is 0 Å². The quantitative estimate of drug-likeness (QED) is 0.668. The number of carbonyl (C=O) groups excluding carboxylic acids is 2. The fourth-order valence-corrected chi connectivity index (χ4v) is 5.29. The van der Waals surface area contributed by atoms with Crippen LogP contribution in [0, 0.1) is 23.6 Å². The first-order valence-electron chi connectivity index (χ1n) is 12.0. The third kappa shape index (κ3) is 6.13. The molecule has 3 fully saturated rings. The van der Waals surface area contributed by atoms with E-state index in [0.29, 0.717) is 24.8 Å². The number of piperidine rings is 1. The summed E-state index contributed by atoms with van der Waals surface area (Å²) >= 11 is 0. The van der Waals surface area contributed by atoms with Gasteiger partial charge in [-0.1, -0.05) is 0 Å². The molecule has 1 aromatic rings. The average Bonchev–Trinajstić information content (AvgIpc) is 3.34. The summed E-state index contributed by atoms with van der Waals surface area (Å²) in [6, 6.07) is 6.27. The predicted molar refractivity (Wildman–Crippen MR) is 117 cm³/mol. The molecule has 1 aromatic carbocycles. The van der Waals surface area contributed by atoms with Crippen molar-refractivity contribution in [3.63, 3.8) is 0 Å². The molecule has 1 saturated carbocycles. The zero-order valence-electron chi connectivity index (χ0n) is 18.4. The third-order valence-electron chi connectivity index (χ3n) is 7.43. The molecule has 1 atom stereocenters. The molecule has 31 heavy (non-hydrogen) atoms. The molecule has 2 saturated heterocycles. The summed E-state index contributed by atoms with van der Waals surface area (Å²) in [5.41, 5.74) is 0.629. The second-order valence-corrected chi connectivity index (χ2v) is 9.56. The van der Waals surface area contributed by atoms with Crippen LogP contribution in [0.3, 0.4) is 0 Å². The minimum atomic E-state index is -0.300. The number of Topliss-reactive ketones (excluding diaryl/α,β-unsaturated/α-hetero) is 1. The van der Waals surface area contributed by atoms with Gasteiger partial charge in [-0.2, -0.15) is 0 Å². The number of hydrogen-bond acceptors (Lipinski definition) is 4. The number of ketones is 1. The van der Waals surface area contributed by atoms with Crippen LogP contribution in [0.1, 0.15) is 61.7 Å². The molecule has 0 bridgehead atoms. The molecule has 1 unspecified atom stereocenters. The molecule has 170 valence electrons. The van der Waals surface area contributed by atoms with Crippen molar-refractivity contribution < 1.29 is 18.7 Å². The third-order valence-corrected chi connectivity index (χ3v) is 7.43. The zero-order chi connectivity index (χ0) is 21.6. The normalized spacial score (nSPS) is 27.8. The van der Waals surface area contributed by atoms with Crippen molar-refractivity contribution >= 4 is 11.7 Å². The van der Waals surface area contributed by atoms with Gasteiger partial charge in [-0.05, 0) is 101 Å². The van der Waals surface area contributed by atoms with E-state index < -0.39 is 0 Å². The Morgan fingerprint density at radius 2 is 1.68 bits per heavy atom. The highest BCUT2D eigenvalue weighted by Gasteiger charge is 2.29. The van der Waals surface area contributed by atoms with Crippen molar-refractivity contribution in [2.45, 2.75) is 57.4 Å². The SMILES string of the molecule is O=C(NC1CCC(CCN2CCC(C(=O)c3ccc(F)cc3)CC2)CC1)C1CCOC1. The highest BCUT2D eigenvalue weighted by atomic mass is 19.1. The van der Waals surface area contributed by atoms with Gasteiger partial charge in [0.05, 0.1) is 12.5 Å². The Morgan fingerprint density at radius 1 is 0.968 bits per heavy atom. The van der Waals surface area contributed by atoms with E-state index in [1.807, 2.05) is 0 Å². The van der Waals surface area contributed by atoms with Crippen molar-refractivity contribution in [1.82, 2.24) is 10.2 Å². The van der Waals surface area contributed by atoms with Crippen molar-refractivity contribution in [1.29, 1.82) is 0 Å². The van der Waals surface area contributed by atoms with Crippen LogP contribution in [-0.2, 0) is 9.53 Å². The van der Waals surface area contributed by atoms with Crippen molar-refractivity contribution in [3.05, 3.63) is 35.6 Å². The Balaban J connectivity index is 1.12. The van der Waals surface area contributed by atoms with Crippen LogP contribution in [0.5, 0.6) is 0 Å². The number of halogens is 1. The van der Waals surface area contributed by atoms with Crippen molar-refractivity contribution in [2.75, 3.05) is 32.8 Å². The zero-order valence-corrected chi connectivity index (χ0v) is 18.4. The van der Waals surface area contributed by atoms with Gasteiger partial charge in [-0.3, -0.25) is 9.59 Å². The number of benzene rings is 1. The molecule has 3 aliphatic rings. The topological polar surface area (TPSA) is 58.6 Å². The van der Waals surface area contributed by atoms with Crippen LogP contribution < -0.4 is 5.32 Å². The largest absolute Gasteiger partial charge is 0.381 e. The Kier molecular flexibility index (Phi) is 7.72. The fourth-order valence-electron chi connectivity index (χ4n) is 5.29. The highest BCUT2D eigenvalue weighted by Crippen LogP contribution is 2.29. The van der Waals surface area contributed by atoms with E-state index in [2.05, 4.69) is 10.2 Å². The van der Waals surface area contributed by atoms with Gasteiger partial charge in [0.25, 0.3) is 0 Å². The molecule has 6 heteroatoms. The van der Waals surface area contributed by atoms with E-state index >= 15 is 0 Å². The van der Waals surface area contributed by atoms with Gasteiger partial charge < -0.3 is 15.0 Å². The van der Waals surface area contributed by atoms with E-state index in [1.54, 1.807) is 12.1 Å². The molecule has 2 aliphatic heterocycles. The maximum atomic E-state index is 13.1. The predicted octanol–water partition coefficient (Wildman–Crippen LogP) is 3.82. The molecule has 0 aromatic heterocycles. The Hall–Kier alpha value is -1.79. The number of nitrogens with zero attached hydrogens (tertiary/aromatic N) is 1. The summed E-state index contributed by atoms with van der Waals surface area (Å²) in [7, 11) is 0. The van der Waals surface area contributed by atoms with Gasteiger partial charge in [0.1, 0.15) is 5.82 Å². The molecular weight excluding hydrogens is 395 g/mol. The number of carbonyl (C=O) groups is 2. The summed E-state index contributed by atoms with van der Waals surface area (Å²) in [6.07, 6.45) is 8.37. The number of nitrogens with one attached hydrogen (secondary N) is 1. The molecular formula is C25H35FN2O3. The first kappa shape index (κ1) is 22.4. The molecule has 2 heterocycles. The number of rotatable bonds is 7. The number of ether oxygens (including phenoxy) is 1. The van der Waals surface area contributed by atoms with E-state index in [9.17, 15) is 14.0 Å². The second kappa shape index (κ2) is 10.7. The van der Waals surface area contributed by atoms with E-state index in [-0.39, 0.29) is 29.3 Å². The van der Waals surface area contributed by atoms with Crippen molar-refractivity contribution in [2.24, 2.45) is 17.8 Å². The lowest BCUT2D eigenvalue weighted by Gasteiger charge is -2.34. The monoisotopic (exact) mass is 430 g/mol. The van der Waals surface area contributed by atoms with Crippen LogP contribution in [0.2, 0.25) is 0 Å². The number of hydrogen-bond donors (Lipinski definition) is 1. The van der Waals surface area contributed by atoms with E-state index in [1.165, 1.54) is 31.4 Å². The average molecular weight is 431 g/mol. The molecule has 1 N–H and O–H groups in total. The Bertz CT molecular complexity index is 732. The van der Waals surface area contributed by atoms with Gasteiger partial charge in [0.15, 0.2) is 5.78 Å². The van der Waals surface area contributed by atoms with Gasteiger partial charge in [-0.15, -0.1) is 0 Å². The molecule has 4 rings (SSSR count). The maximum Gasteiger partial charge on any atom is 0.225 e. The molecule has 0 spiro atoms. The molecule has 0 radical (unpaired) electrons. The summed E-state index contributed by atoms with van der Waals surface area (Å²) in [4.78, 5) is 27.4. The molecule has 1 amide bonds. The van der Waals surface area contributed by atoms with E-state index in [0.717, 1.165) is 57.7 Å². The molecule has 5 nitrogen and oxygen atoms in total. The fraction of sp³-hybridized carbons (Fsp3) is 0.680. The van der Waals surface area contributed by atoms with Gasteiger partial charge in [-0.25, -0.2) is 4.39 Å². The lowest BCUT2D eigenvalue weighted by molar-refractivity contribution is -0.126. The summed E-state index contributed by atoms with van der Waals surface area (Å²) < 4.78 is 18.4. The summed E-state index contributed by atoms with van der Waals surface area (Å²) in [5, 5.41) is 3.24. The van der Waals surface area contributed by atoms with Crippen LogP contribution >= 0.6 is 0 Å². The second-order valence-electron chi connectivity index (χ2n) is 9.56. The van der Waals surface area contributed by atoms with E-state index in [4.69, 9.17) is 4.74 Å². The molecule has 1 aliphatic carbocycles. The Labute approximate surface area is 184 Å². The van der Waals surface area contributed by atoms with Crippen LogP contribution in [-0.4, -0.2) is 55.5 Å². The Morgan fingerprint density at radius 3 is 2.32 bits per heavy atom. The van der Waals surface area contributed by atoms with Gasteiger partial charge in [0, 0.05) is 24.1 Å². The van der Waals surface area contributed by atoms with Gasteiger partial charge in [0.2, 0.25) is 5.91 Å². The van der Waals surface area contributed by atoms with Crippen molar-refractivity contribution in [3.8, 4) is 0 Å². The standard InChI is InChI=1S/C25H35FN2O3/c26-22-5-3-19(4-6-22)24(29)20-10-14-28(15-11-20)13-9-18-1-7-23(8-2-18)27-25(30)21-12-16-31-17-21/h3-6,18,20-21,23H,1-2,7-17H2,(H,27,30). The summed E-state index contributed by atoms with van der Waals surface area (Å²) in [6.45, 7) is 4.31. The first-order valence-corrected chi connectivity index (χ1v) is 12.0. The van der Waals surface area contributed by atoms with Crippen LogP contribution in [0.25, 0.3) is 0 Å². The minimum Gasteiger partial charge on any atom is -0.381 e. The highest BCUT2D eigenvalue weighted by molar-refractivity contribution is 5.97. The number of amides is 1. The van der Waals surface area contributed by atoms with Crippen LogP contribution in [0.4, 0.5) is 4.39 Å². The summed E-state index contributed by atoms with van der Waals surface area (Å²) in [5.74, 6) is 0.887. The smallest absolute Gasteiger partial charge is 0.225 e. The maximum absolute atomic E-state index is 13.1. The lowest BCUT2D eigenvalue weighted by atomic mass is 9.83. The first-order chi connectivity index (χ1) is 15.1. The lowest BCUT2D eigenvalue weighted by Crippen LogP contribution is -2.41. The number of likely N-dealkylation sites (tertiary alicyclic amines) is 1. The minimum absolute atomic E-state index is 0.0515.